The van der Waals surface area contributed by atoms with Gasteiger partial charge in [0.2, 0.25) is 5.95 Å². The van der Waals surface area contributed by atoms with E-state index < -0.39 is 0 Å². The van der Waals surface area contributed by atoms with Crippen molar-refractivity contribution in [1.82, 2.24) is 19.9 Å². The van der Waals surface area contributed by atoms with Gasteiger partial charge in [0.05, 0.1) is 11.1 Å². The number of benzene rings is 1. The van der Waals surface area contributed by atoms with Crippen LogP contribution in [0.5, 0.6) is 5.75 Å². The molecule has 24 heavy (non-hydrogen) atoms. The van der Waals surface area contributed by atoms with Gasteiger partial charge in [0.25, 0.3) is 0 Å². The summed E-state index contributed by atoms with van der Waals surface area (Å²) < 4.78 is 6.23. The fraction of sp³-hybridized carbons (Fsp3) is 0.333. The Morgan fingerprint density at radius 1 is 1.17 bits per heavy atom. The summed E-state index contributed by atoms with van der Waals surface area (Å²) in [5.74, 6) is 1.02. The van der Waals surface area contributed by atoms with E-state index in [1.54, 1.807) is 0 Å². The lowest BCUT2D eigenvalue weighted by atomic mass is 10.1. The first-order valence-corrected chi connectivity index (χ1v) is 8.33. The zero-order chi connectivity index (χ0) is 16.5. The van der Waals surface area contributed by atoms with Crippen LogP contribution in [-0.4, -0.2) is 39.2 Å². The number of nitrogens with two attached hydrogens (primary N) is 1. The summed E-state index contributed by atoms with van der Waals surface area (Å²) in [6, 6.07) is 9.98. The van der Waals surface area contributed by atoms with Gasteiger partial charge < -0.3 is 15.5 Å². The van der Waals surface area contributed by atoms with Crippen LogP contribution in [0.25, 0.3) is 22.3 Å². The summed E-state index contributed by atoms with van der Waals surface area (Å²) in [5, 5.41) is 0.876. The third-order valence-electron chi connectivity index (χ3n) is 4.51. The summed E-state index contributed by atoms with van der Waals surface area (Å²) in [7, 11) is 0. The number of hydrogen-bond acceptors (Lipinski definition) is 5. The molecule has 1 aliphatic heterocycles. The Morgan fingerprint density at radius 3 is 2.67 bits per heavy atom. The number of H-pyrrole nitrogens is 1. The van der Waals surface area contributed by atoms with E-state index in [1.807, 2.05) is 36.5 Å². The van der Waals surface area contributed by atoms with Crippen molar-refractivity contribution >= 4 is 17.0 Å². The molecule has 4 rings (SSSR count). The number of nitrogens with one attached hydrogen (secondary N) is 1. The number of nitrogens with zero attached hydrogens (tertiary/aromatic N) is 3. The molecular weight excluding hydrogens is 302 g/mol. The van der Waals surface area contributed by atoms with Gasteiger partial charge in [-0.15, -0.1) is 0 Å². The molecule has 0 aliphatic carbocycles. The first-order valence-electron chi connectivity index (χ1n) is 8.33. The molecule has 1 aliphatic rings. The first kappa shape index (κ1) is 15.0. The molecule has 6 nitrogen and oxygen atoms in total. The Bertz CT molecular complexity index is 839. The van der Waals surface area contributed by atoms with Crippen LogP contribution in [0.2, 0.25) is 0 Å². The molecule has 0 spiro atoms. The third-order valence-corrected chi connectivity index (χ3v) is 4.51. The van der Waals surface area contributed by atoms with E-state index in [0.29, 0.717) is 5.65 Å². The Labute approximate surface area is 140 Å². The minimum Gasteiger partial charge on any atom is -0.473 e. The first-order chi connectivity index (χ1) is 11.7. The van der Waals surface area contributed by atoms with Crippen molar-refractivity contribution in [3.63, 3.8) is 0 Å². The van der Waals surface area contributed by atoms with Crippen molar-refractivity contribution in [2.24, 2.45) is 0 Å². The molecule has 1 unspecified atom stereocenters. The number of fused-ring (bicyclic) bond motifs is 1. The summed E-state index contributed by atoms with van der Waals surface area (Å²) in [4.78, 5) is 14.3. The lowest BCUT2D eigenvalue weighted by Gasteiger charge is -2.24. The van der Waals surface area contributed by atoms with Gasteiger partial charge in [-0.1, -0.05) is 30.3 Å². The van der Waals surface area contributed by atoms with E-state index in [1.165, 1.54) is 12.8 Å². The minimum atomic E-state index is 0.0210. The number of aromatic amines is 1. The van der Waals surface area contributed by atoms with E-state index in [2.05, 4.69) is 26.8 Å². The summed E-state index contributed by atoms with van der Waals surface area (Å²) in [6.07, 6.45) is 4.33. The van der Waals surface area contributed by atoms with Crippen LogP contribution in [0.1, 0.15) is 19.8 Å². The van der Waals surface area contributed by atoms with E-state index in [0.717, 1.165) is 35.5 Å². The summed E-state index contributed by atoms with van der Waals surface area (Å²) in [6.45, 7) is 4.25. The Kier molecular flexibility index (Phi) is 3.82. The standard InChI is InChI=1S/C18H21N5O/c1-12(23-9-5-6-10-23)24-14-11-20-17-15(14)16(21-18(19)22-17)13-7-3-2-4-8-13/h2-4,7-8,11-12H,5-6,9-10H2,1H3,(H3,19,20,21,22). The Balaban J connectivity index is 1.77. The molecule has 6 heteroatoms. The van der Waals surface area contributed by atoms with Gasteiger partial charge in [-0.2, -0.15) is 4.98 Å². The molecule has 0 radical (unpaired) electrons. The van der Waals surface area contributed by atoms with Gasteiger partial charge in [-0.3, -0.25) is 4.90 Å². The molecule has 3 N–H and O–H groups in total. The molecule has 3 heterocycles. The Morgan fingerprint density at radius 2 is 1.92 bits per heavy atom. The predicted octanol–water partition coefficient (Wildman–Crippen LogP) is 3.03. The van der Waals surface area contributed by atoms with Gasteiger partial charge in [0.1, 0.15) is 11.9 Å². The maximum Gasteiger partial charge on any atom is 0.222 e. The molecule has 0 amide bonds. The molecule has 1 fully saturated rings. The fourth-order valence-corrected chi connectivity index (χ4v) is 3.28. The van der Waals surface area contributed by atoms with Gasteiger partial charge >= 0.3 is 0 Å². The SMILES string of the molecule is CC(Oc1c[nH]c2nc(N)nc(-c3ccccc3)c12)N1CCCC1. The van der Waals surface area contributed by atoms with Crippen molar-refractivity contribution in [1.29, 1.82) is 0 Å². The van der Waals surface area contributed by atoms with Crippen molar-refractivity contribution in [3.05, 3.63) is 36.5 Å². The van der Waals surface area contributed by atoms with Crippen molar-refractivity contribution in [3.8, 4) is 17.0 Å². The van der Waals surface area contributed by atoms with Crippen LogP contribution in [0.4, 0.5) is 5.95 Å². The number of aromatic nitrogens is 3. The van der Waals surface area contributed by atoms with Crippen LogP contribution in [0.15, 0.2) is 36.5 Å². The highest BCUT2D eigenvalue weighted by atomic mass is 16.5. The lowest BCUT2D eigenvalue weighted by Crippen LogP contribution is -2.34. The number of nitrogen functional groups attached to an aromatic ring is 1. The van der Waals surface area contributed by atoms with E-state index in [-0.39, 0.29) is 12.2 Å². The minimum absolute atomic E-state index is 0.0210. The van der Waals surface area contributed by atoms with Crippen LogP contribution < -0.4 is 10.5 Å². The quantitative estimate of drug-likeness (QED) is 0.771. The summed E-state index contributed by atoms with van der Waals surface area (Å²) in [5.41, 5.74) is 8.37. The smallest absolute Gasteiger partial charge is 0.222 e. The summed E-state index contributed by atoms with van der Waals surface area (Å²) >= 11 is 0. The number of anilines is 1. The van der Waals surface area contributed by atoms with Crippen molar-refractivity contribution < 1.29 is 4.74 Å². The number of hydrogen-bond donors (Lipinski definition) is 2. The van der Waals surface area contributed by atoms with Gasteiger partial charge in [-0.05, 0) is 19.8 Å². The van der Waals surface area contributed by atoms with Gasteiger partial charge in [-0.25, -0.2) is 4.98 Å². The van der Waals surface area contributed by atoms with E-state index in [4.69, 9.17) is 10.5 Å². The second-order valence-electron chi connectivity index (χ2n) is 6.13. The monoisotopic (exact) mass is 323 g/mol. The highest BCUT2D eigenvalue weighted by Crippen LogP contribution is 2.34. The third kappa shape index (κ3) is 2.69. The number of rotatable bonds is 4. The normalized spacial score (nSPS) is 16.5. The molecule has 1 aromatic carbocycles. The second kappa shape index (κ2) is 6.13. The molecular formula is C18H21N5O. The predicted molar refractivity (Wildman–Crippen MR) is 94.6 cm³/mol. The van der Waals surface area contributed by atoms with E-state index >= 15 is 0 Å². The van der Waals surface area contributed by atoms with Crippen molar-refractivity contribution in [2.45, 2.75) is 26.0 Å². The average molecular weight is 323 g/mol. The molecule has 1 atom stereocenters. The zero-order valence-electron chi connectivity index (χ0n) is 13.7. The second-order valence-corrected chi connectivity index (χ2v) is 6.13. The number of ether oxygens (including phenoxy) is 1. The van der Waals surface area contributed by atoms with Gasteiger partial charge in [0, 0.05) is 24.8 Å². The molecule has 2 aromatic heterocycles. The van der Waals surface area contributed by atoms with E-state index in [9.17, 15) is 0 Å². The largest absolute Gasteiger partial charge is 0.473 e. The van der Waals surface area contributed by atoms with Crippen LogP contribution in [-0.2, 0) is 0 Å². The van der Waals surface area contributed by atoms with Crippen molar-refractivity contribution in [2.75, 3.05) is 18.8 Å². The number of likely N-dealkylation sites (tertiary alicyclic amines) is 1. The average Bonchev–Trinajstić information content (AvgIpc) is 3.25. The zero-order valence-corrected chi connectivity index (χ0v) is 13.7. The molecule has 0 saturated carbocycles. The van der Waals surface area contributed by atoms with Crippen LogP contribution in [0, 0.1) is 0 Å². The molecule has 124 valence electrons. The molecule has 3 aromatic rings. The maximum atomic E-state index is 6.23. The molecule has 1 saturated heterocycles. The van der Waals surface area contributed by atoms with Gasteiger partial charge in [0.15, 0.2) is 5.75 Å². The Hall–Kier alpha value is -2.60. The lowest BCUT2D eigenvalue weighted by molar-refractivity contribution is 0.0606. The maximum absolute atomic E-state index is 6.23. The van der Waals surface area contributed by atoms with Crippen LogP contribution >= 0.6 is 0 Å². The van der Waals surface area contributed by atoms with Crippen LogP contribution in [0.3, 0.4) is 0 Å². The highest BCUT2D eigenvalue weighted by Gasteiger charge is 2.22. The topological polar surface area (TPSA) is 80.1 Å². The fourth-order valence-electron chi connectivity index (χ4n) is 3.28. The highest BCUT2D eigenvalue weighted by molar-refractivity contribution is 5.96. The molecule has 0 bridgehead atoms.